The number of piperidine rings is 1. The quantitative estimate of drug-likeness (QED) is 0.363. The van der Waals surface area contributed by atoms with Crippen LogP contribution in [0, 0.1) is 5.92 Å². The summed E-state index contributed by atoms with van der Waals surface area (Å²) in [5, 5.41) is 13.7. The van der Waals surface area contributed by atoms with E-state index >= 15 is 0 Å². The SMILES string of the molecule is O=C([C@@H]1CCC(F)(F)C[C@H]1c1ccco1)N1CCC(O)(Cn2cnc3c(-c4ccccc4)scc3c2=O)CC1. The zero-order valence-electron chi connectivity index (χ0n) is 21.3. The maximum atomic E-state index is 14.2. The minimum absolute atomic E-state index is 0.0675. The number of furan rings is 1. The van der Waals surface area contributed by atoms with E-state index < -0.39 is 29.8 Å². The van der Waals surface area contributed by atoms with E-state index in [9.17, 15) is 23.5 Å². The van der Waals surface area contributed by atoms with Gasteiger partial charge in [-0.25, -0.2) is 13.8 Å². The zero-order valence-corrected chi connectivity index (χ0v) is 22.1. The van der Waals surface area contributed by atoms with Crippen molar-refractivity contribution < 1.29 is 23.1 Å². The van der Waals surface area contributed by atoms with Crippen LogP contribution in [-0.4, -0.2) is 50.1 Å². The molecule has 2 atom stereocenters. The number of halogens is 2. The summed E-state index contributed by atoms with van der Waals surface area (Å²) >= 11 is 1.46. The number of likely N-dealkylation sites (tertiary alicyclic amines) is 1. The maximum Gasteiger partial charge on any atom is 0.262 e. The molecule has 0 spiro atoms. The molecule has 4 aromatic rings. The van der Waals surface area contributed by atoms with Gasteiger partial charge in [0.05, 0.1) is 40.5 Å². The third kappa shape index (κ3) is 5.03. The van der Waals surface area contributed by atoms with Crippen molar-refractivity contribution in [2.24, 2.45) is 5.92 Å². The van der Waals surface area contributed by atoms with Crippen molar-refractivity contribution in [1.82, 2.24) is 14.5 Å². The Balaban J connectivity index is 1.15. The Hall–Kier alpha value is -3.37. The predicted molar refractivity (Wildman–Crippen MR) is 144 cm³/mol. The largest absolute Gasteiger partial charge is 0.469 e. The van der Waals surface area contributed by atoms with Crippen molar-refractivity contribution >= 4 is 28.1 Å². The molecule has 1 amide bonds. The smallest absolute Gasteiger partial charge is 0.262 e. The third-order valence-electron chi connectivity index (χ3n) is 8.14. The molecule has 7 nitrogen and oxygen atoms in total. The van der Waals surface area contributed by atoms with E-state index in [2.05, 4.69) is 4.98 Å². The monoisotopic (exact) mass is 553 g/mol. The van der Waals surface area contributed by atoms with Gasteiger partial charge in [-0.3, -0.25) is 14.2 Å². The van der Waals surface area contributed by atoms with Crippen LogP contribution in [0.5, 0.6) is 0 Å². The summed E-state index contributed by atoms with van der Waals surface area (Å²) < 4.78 is 35.3. The van der Waals surface area contributed by atoms with Gasteiger partial charge in [0.15, 0.2) is 0 Å². The molecule has 10 heteroatoms. The normalized spacial score (nSPS) is 22.7. The second-order valence-electron chi connectivity index (χ2n) is 10.7. The number of fused-ring (bicyclic) bond motifs is 1. The molecular formula is C29H29F2N3O4S. The van der Waals surface area contributed by atoms with Gasteiger partial charge < -0.3 is 14.4 Å². The summed E-state index contributed by atoms with van der Waals surface area (Å²) in [4.78, 5) is 33.8. The molecule has 2 fully saturated rings. The number of thiophene rings is 1. The van der Waals surface area contributed by atoms with Crippen molar-refractivity contribution in [1.29, 1.82) is 0 Å². The topological polar surface area (TPSA) is 88.6 Å². The van der Waals surface area contributed by atoms with Crippen molar-refractivity contribution in [3.63, 3.8) is 0 Å². The minimum Gasteiger partial charge on any atom is -0.469 e. The summed E-state index contributed by atoms with van der Waals surface area (Å²) in [5.41, 5.74) is 0.237. The number of aliphatic hydroxyl groups is 1. The van der Waals surface area contributed by atoms with Gasteiger partial charge in [0.1, 0.15) is 5.76 Å². The number of hydrogen-bond acceptors (Lipinski definition) is 6. The lowest BCUT2D eigenvalue weighted by molar-refractivity contribution is -0.146. The van der Waals surface area contributed by atoms with Gasteiger partial charge in [0, 0.05) is 43.1 Å². The fourth-order valence-corrected chi connectivity index (χ4v) is 6.95. The van der Waals surface area contributed by atoms with Gasteiger partial charge >= 0.3 is 0 Å². The molecule has 1 aromatic carbocycles. The molecule has 1 aliphatic carbocycles. The molecule has 4 heterocycles. The van der Waals surface area contributed by atoms with Crippen molar-refractivity contribution in [2.75, 3.05) is 13.1 Å². The van der Waals surface area contributed by atoms with Gasteiger partial charge in [0.2, 0.25) is 11.8 Å². The average Bonchev–Trinajstić information content (AvgIpc) is 3.61. The summed E-state index contributed by atoms with van der Waals surface area (Å²) in [6.45, 7) is 0.639. The van der Waals surface area contributed by atoms with Gasteiger partial charge in [-0.1, -0.05) is 30.3 Å². The third-order valence-corrected chi connectivity index (χ3v) is 9.16. The lowest BCUT2D eigenvalue weighted by Gasteiger charge is -2.42. The van der Waals surface area contributed by atoms with E-state index in [0.29, 0.717) is 16.7 Å². The fourth-order valence-electron chi connectivity index (χ4n) is 5.96. The molecule has 2 aliphatic rings. The highest BCUT2D eigenvalue weighted by Crippen LogP contribution is 2.46. The maximum absolute atomic E-state index is 14.2. The molecule has 204 valence electrons. The highest BCUT2D eigenvalue weighted by atomic mass is 32.1. The van der Waals surface area contributed by atoms with Crippen LogP contribution in [0.4, 0.5) is 8.78 Å². The molecule has 1 saturated heterocycles. The Morgan fingerprint density at radius 1 is 1.13 bits per heavy atom. The van der Waals surface area contributed by atoms with Crippen LogP contribution < -0.4 is 5.56 Å². The Morgan fingerprint density at radius 2 is 1.90 bits per heavy atom. The Kier molecular flexibility index (Phi) is 6.63. The van der Waals surface area contributed by atoms with Crippen LogP contribution >= 0.6 is 11.3 Å². The van der Waals surface area contributed by atoms with Crippen LogP contribution in [0.15, 0.2) is 69.6 Å². The summed E-state index contributed by atoms with van der Waals surface area (Å²) in [7, 11) is 0. The molecule has 39 heavy (non-hydrogen) atoms. The second kappa shape index (κ2) is 9.98. The van der Waals surface area contributed by atoms with E-state index in [4.69, 9.17) is 4.42 Å². The summed E-state index contributed by atoms with van der Waals surface area (Å²) in [6.07, 6.45) is 2.82. The highest BCUT2D eigenvalue weighted by molar-refractivity contribution is 7.15. The minimum atomic E-state index is -2.83. The number of carbonyl (C=O) groups is 1. The number of amides is 1. The van der Waals surface area contributed by atoms with Gasteiger partial charge in [0.25, 0.3) is 5.56 Å². The van der Waals surface area contributed by atoms with E-state index in [1.54, 1.807) is 22.4 Å². The number of hydrogen-bond donors (Lipinski definition) is 1. The fraction of sp³-hybridized carbons (Fsp3) is 0.414. The number of aromatic nitrogens is 2. The van der Waals surface area contributed by atoms with Crippen LogP contribution in [0.3, 0.4) is 0 Å². The first-order chi connectivity index (χ1) is 18.7. The molecule has 0 bridgehead atoms. The molecule has 1 aliphatic heterocycles. The first-order valence-corrected chi connectivity index (χ1v) is 14.1. The van der Waals surface area contributed by atoms with Gasteiger partial charge in [-0.15, -0.1) is 11.3 Å². The number of alkyl halides is 2. The number of rotatable bonds is 5. The summed E-state index contributed by atoms with van der Waals surface area (Å²) in [6, 6.07) is 13.1. The highest BCUT2D eigenvalue weighted by Gasteiger charge is 2.47. The Bertz CT molecular complexity index is 1530. The van der Waals surface area contributed by atoms with Crippen LogP contribution in [0.2, 0.25) is 0 Å². The van der Waals surface area contributed by atoms with E-state index in [-0.39, 0.29) is 56.8 Å². The number of nitrogens with zero attached hydrogens (tertiary/aromatic N) is 3. The van der Waals surface area contributed by atoms with E-state index in [0.717, 1.165) is 10.4 Å². The van der Waals surface area contributed by atoms with E-state index in [1.807, 2.05) is 30.3 Å². The van der Waals surface area contributed by atoms with Gasteiger partial charge in [-0.05, 0) is 37.0 Å². The van der Waals surface area contributed by atoms with Crippen molar-refractivity contribution in [3.05, 3.63) is 76.5 Å². The first kappa shape index (κ1) is 25.9. The first-order valence-electron chi connectivity index (χ1n) is 13.2. The lowest BCUT2D eigenvalue weighted by Crippen LogP contribution is -2.52. The number of carbonyl (C=O) groups excluding carboxylic acids is 1. The van der Waals surface area contributed by atoms with Gasteiger partial charge in [-0.2, -0.15) is 0 Å². The summed E-state index contributed by atoms with van der Waals surface area (Å²) in [5.74, 6) is -3.87. The molecule has 0 unspecified atom stereocenters. The van der Waals surface area contributed by atoms with Crippen molar-refractivity contribution in [3.8, 4) is 10.4 Å². The molecule has 6 rings (SSSR count). The Morgan fingerprint density at radius 3 is 2.62 bits per heavy atom. The number of benzene rings is 1. The molecule has 3 aromatic heterocycles. The Labute approximate surface area is 227 Å². The van der Waals surface area contributed by atoms with E-state index in [1.165, 1.54) is 28.5 Å². The molecular weight excluding hydrogens is 524 g/mol. The van der Waals surface area contributed by atoms with Crippen molar-refractivity contribution in [2.45, 2.75) is 56.1 Å². The average molecular weight is 554 g/mol. The molecule has 1 saturated carbocycles. The molecule has 1 N–H and O–H groups in total. The van der Waals surface area contributed by atoms with Crippen LogP contribution in [-0.2, 0) is 11.3 Å². The standard InChI is InChI=1S/C29H29F2N3O4S/c30-29(31)9-8-20(21(15-29)23-7-4-14-38-23)26(35)33-12-10-28(37,11-13-33)17-34-18-32-24-22(27(34)36)16-39-25(24)19-5-2-1-3-6-19/h1-7,14,16,18,20-21,37H,8-13,15,17H2/t20-,21-/m1/s1. The molecule has 0 radical (unpaired) electrons. The lowest BCUT2D eigenvalue weighted by atomic mass is 9.75. The zero-order chi connectivity index (χ0) is 27.2. The predicted octanol–water partition coefficient (Wildman–Crippen LogP) is 5.29. The second-order valence-corrected chi connectivity index (χ2v) is 11.6. The van der Waals surface area contributed by atoms with Crippen LogP contribution in [0.25, 0.3) is 21.3 Å². The van der Waals surface area contributed by atoms with Crippen LogP contribution in [0.1, 0.15) is 43.8 Å².